The molecule has 10 heteroatoms. The fraction of sp³-hybridized carbons (Fsp3) is 0.455. The van der Waals surface area contributed by atoms with Gasteiger partial charge in [-0.15, -0.1) is 0 Å². The zero-order valence-corrected chi connectivity index (χ0v) is 19.1. The number of nitrogens with zero attached hydrogens (tertiary/aromatic N) is 2. The van der Waals surface area contributed by atoms with Crippen LogP contribution in [0.4, 0.5) is 11.4 Å². The number of benzene rings is 1. The van der Waals surface area contributed by atoms with Crippen molar-refractivity contribution in [3.05, 3.63) is 24.3 Å². The Kier molecular flexibility index (Phi) is 12.0. The lowest BCUT2D eigenvalue weighted by molar-refractivity contribution is -0.121. The highest BCUT2D eigenvalue weighted by Gasteiger charge is 2.03. The average Bonchev–Trinajstić information content (AvgIpc) is 2.71. The minimum atomic E-state index is -0.238. The van der Waals surface area contributed by atoms with Crippen LogP contribution in [-0.4, -0.2) is 47.9 Å². The average molecular weight is 445 g/mol. The number of hydrogen-bond donors (Lipinski definition) is 4. The predicted molar refractivity (Wildman–Crippen MR) is 126 cm³/mol. The lowest BCUT2D eigenvalue weighted by Gasteiger charge is -2.09. The largest absolute Gasteiger partial charge is 0.385 e. The van der Waals surface area contributed by atoms with Crippen LogP contribution in [0.3, 0.4) is 0 Å². The Balaban J connectivity index is 2.28. The minimum absolute atomic E-state index is 0.00577. The van der Waals surface area contributed by atoms with Crippen molar-refractivity contribution < 1.29 is 19.2 Å². The van der Waals surface area contributed by atoms with Crippen molar-refractivity contribution >= 4 is 46.2 Å². The highest BCUT2D eigenvalue weighted by Crippen LogP contribution is 2.13. The third-order valence-electron chi connectivity index (χ3n) is 4.00. The molecule has 0 fully saturated rings. The second-order valence-electron chi connectivity index (χ2n) is 7.45. The second kappa shape index (κ2) is 14.4. The molecule has 0 saturated heterocycles. The van der Waals surface area contributed by atoms with Gasteiger partial charge >= 0.3 is 0 Å². The number of amides is 2. The Morgan fingerprint density at radius 3 is 1.31 bits per heavy atom. The van der Waals surface area contributed by atoms with Crippen molar-refractivity contribution in [2.45, 2.75) is 53.4 Å². The van der Waals surface area contributed by atoms with Gasteiger partial charge in [-0.1, -0.05) is 0 Å². The van der Waals surface area contributed by atoms with Gasteiger partial charge < -0.3 is 10.6 Å². The standard InChI is InChI=1S/C22H32N6O4/c1-15(13-17(3)29)25-27-21(31)9-11-23-19-5-7-20(8-6-19)24-12-10-22(32)28-26-16(2)14-18(4)30/h5-8,23-24H,9-14H2,1-4H3,(H,27,31)(H,28,32). The van der Waals surface area contributed by atoms with Crippen molar-refractivity contribution in [2.24, 2.45) is 10.2 Å². The number of anilines is 2. The van der Waals surface area contributed by atoms with Gasteiger partial charge in [0.05, 0.1) is 0 Å². The molecule has 10 nitrogen and oxygen atoms in total. The van der Waals surface area contributed by atoms with E-state index in [4.69, 9.17) is 0 Å². The van der Waals surface area contributed by atoms with E-state index in [1.807, 2.05) is 24.3 Å². The molecule has 0 saturated carbocycles. The van der Waals surface area contributed by atoms with E-state index in [1.165, 1.54) is 13.8 Å². The third kappa shape index (κ3) is 12.9. The lowest BCUT2D eigenvalue weighted by atomic mass is 10.2. The van der Waals surface area contributed by atoms with E-state index in [2.05, 4.69) is 31.7 Å². The van der Waals surface area contributed by atoms with Gasteiger partial charge in [0, 0.05) is 61.6 Å². The fourth-order valence-electron chi connectivity index (χ4n) is 2.57. The van der Waals surface area contributed by atoms with E-state index in [9.17, 15) is 19.2 Å². The first kappa shape index (κ1) is 26.5. The SMILES string of the molecule is CC(=O)CC(C)=NNC(=O)CCNc1ccc(NCCC(=O)NN=C(C)CC(C)=O)cc1. The summed E-state index contributed by atoms with van der Waals surface area (Å²) in [6.45, 7) is 7.19. The molecule has 174 valence electrons. The van der Waals surface area contributed by atoms with Gasteiger partial charge in [0.2, 0.25) is 11.8 Å². The third-order valence-corrected chi connectivity index (χ3v) is 4.00. The van der Waals surface area contributed by atoms with Gasteiger partial charge in [0.25, 0.3) is 0 Å². The van der Waals surface area contributed by atoms with Crippen molar-refractivity contribution in [1.82, 2.24) is 10.9 Å². The molecular formula is C22H32N6O4. The Labute approximate surface area is 188 Å². The molecule has 1 rings (SSSR count). The molecule has 0 aliphatic heterocycles. The van der Waals surface area contributed by atoms with E-state index >= 15 is 0 Å². The quantitative estimate of drug-likeness (QED) is 0.256. The topological polar surface area (TPSA) is 141 Å². The highest BCUT2D eigenvalue weighted by molar-refractivity contribution is 6.00. The smallest absolute Gasteiger partial charge is 0.241 e. The number of ketones is 2. The van der Waals surface area contributed by atoms with Crippen LogP contribution in [0.15, 0.2) is 34.5 Å². The summed E-state index contributed by atoms with van der Waals surface area (Å²) in [5, 5.41) is 14.1. The van der Waals surface area contributed by atoms with Crippen molar-refractivity contribution in [1.29, 1.82) is 0 Å². The molecule has 0 bridgehead atoms. The second-order valence-corrected chi connectivity index (χ2v) is 7.45. The molecule has 0 heterocycles. The first-order valence-corrected chi connectivity index (χ1v) is 10.4. The molecule has 0 aliphatic carbocycles. The number of rotatable bonds is 14. The van der Waals surface area contributed by atoms with Crippen LogP contribution in [0.1, 0.15) is 53.4 Å². The van der Waals surface area contributed by atoms with E-state index in [0.717, 1.165) is 11.4 Å². The predicted octanol–water partition coefficient (Wildman–Crippen LogP) is 2.23. The van der Waals surface area contributed by atoms with Crippen molar-refractivity contribution in [2.75, 3.05) is 23.7 Å². The molecule has 0 unspecified atom stereocenters. The van der Waals surface area contributed by atoms with Crippen LogP contribution < -0.4 is 21.5 Å². The van der Waals surface area contributed by atoms with Crippen LogP contribution in [0.25, 0.3) is 0 Å². The Bertz CT molecular complexity index is 791. The van der Waals surface area contributed by atoms with Crippen LogP contribution in [0.5, 0.6) is 0 Å². The van der Waals surface area contributed by atoms with Crippen molar-refractivity contribution in [3.8, 4) is 0 Å². The zero-order valence-electron chi connectivity index (χ0n) is 19.1. The normalized spacial score (nSPS) is 11.5. The summed E-state index contributed by atoms with van der Waals surface area (Å²) in [5.74, 6) is -0.488. The first-order valence-electron chi connectivity index (χ1n) is 10.4. The van der Waals surface area contributed by atoms with E-state index in [0.29, 0.717) is 24.5 Å². The summed E-state index contributed by atoms with van der Waals surface area (Å²) in [5.41, 5.74) is 7.70. The molecule has 0 atom stereocenters. The Morgan fingerprint density at radius 2 is 1.00 bits per heavy atom. The summed E-state index contributed by atoms with van der Waals surface area (Å²) < 4.78 is 0. The minimum Gasteiger partial charge on any atom is -0.385 e. The van der Waals surface area contributed by atoms with Crippen LogP contribution in [0, 0.1) is 0 Å². The van der Waals surface area contributed by atoms with E-state index in [-0.39, 0.29) is 49.1 Å². The molecular weight excluding hydrogens is 412 g/mol. The summed E-state index contributed by atoms with van der Waals surface area (Å²) in [4.78, 5) is 45.5. The summed E-state index contributed by atoms with van der Waals surface area (Å²) >= 11 is 0. The van der Waals surface area contributed by atoms with Crippen LogP contribution in [-0.2, 0) is 19.2 Å². The maximum atomic E-state index is 11.8. The molecule has 4 N–H and O–H groups in total. The molecule has 32 heavy (non-hydrogen) atoms. The number of carbonyl (C=O) groups is 4. The van der Waals surface area contributed by atoms with Crippen molar-refractivity contribution in [3.63, 3.8) is 0 Å². The number of hydrazone groups is 2. The maximum absolute atomic E-state index is 11.8. The molecule has 0 spiro atoms. The maximum Gasteiger partial charge on any atom is 0.241 e. The zero-order chi connectivity index (χ0) is 23.9. The van der Waals surface area contributed by atoms with Crippen LogP contribution >= 0.6 is 0 Å². The van der Waals surface area contributed by atoms with E-state index in [1.54, 1.807) is 13.8 Å². The molecule has 1 aromatic rings. The fourth-order valence-corrected chi connectivity index (χ4v) is 2.57. The number of hydrogen-bond acceptors (Lipinski definition) is 8. The summed E-state index contributed by atoms with van der Waals surface area (Å²) in [6, 6.07) is 7.46. The lowest BCUT2D eigenvalue weighted by Crippen LogP contribution is -2.22. The Morgan fingerprint density at radius 1 is 0.656 bits per heavy atom. The summed E-state index contributed by atoms with van der Waals surface area (Å²) in [6.07, 6.45) is 0.914. The van der Waals surface area contributed by atoms with Gasteiger partial charge in [0.15, 0.2) is 0 Å². The Hall–Kier alpha value is -3.56. The van der Waals surface area contributed by atoms with Gasteiger partial charge in [-0.05, 0) is 52.0 Å². The monoisotopic (exact) mass is 444 g/mol. The van der Waals surface area contributed by atoms with Gasteiger partial charge in [-0.25, -0.2) is 10.9 Å². The van der Waals surface area contributed by atoms with Gasteiger partial charge in [-0.2, -0.15) is 10.2 Å². The summed E-state index contributed by atoms with van der Waals surface area (Å²) in [7, 11) is 0. The number of nitrogens with one attached hydrogen (secondary N) is 4. The van der Waals surface area contributed by atoms with Crippen LogP contribution in [0.2, 0.25) is 0 Å². The molecule has 2 amide bonds. The molecule has 0 radical (unpaired) electrons. The molecule has 0 aliphatic rings. The van der Waals surface area contributed by atoms with E-state index < -0.39 is 0 Å². The number of carbonyl (C=O) groups excluding carboxylic acids is 4. The number of Topliss-reactive ketones (excluding diaryl/α,β-unsaturated/α-hetero) is 2. The van der Waals surface area contributed by atoms with Gasteiger partial charge in [0.1, 0.15) is 11.6 Å². The molecule has 0 aromatic heterocycles. The molecule has 1 aromatic carbocycles. The highest BCUT2D eigenvalue weighted by atomic mass is 16.2. The first-order chi connectivity index (χ1) is 15.2. The van der Waals surface area contributed by atoms with Gasteiger partial charge in [-0.3, -0.25) is 19.2 Å².